The molecule has 0 radical (unpaired) electrons. The lowest BCUT2D eigenvalue weighted by atomic mass is 9.88. The molecule has 4 aliphatic rings. The lowest BCUT2D eigenvalue weighted by molar-refractivity contribution is 0.423. The minimum absolute atomic E-state index is 0.0374. The molecule has 4 aliphatic carbocycles. The fourth-order valence-corrected chi connectivity index (χ4v) is 15.6. The molecule has 0 aromatic heterocycles. The Morgan fingerprint density at radius 3 is 1.70 bits per heavy atom. The van der Waals surface area contributed by atoms with Crippen molar-refractivity contribution < 1.29 is 0 Å². The standard InChI is InChI=1S/C38H48P2/c1-30(31-17-14-15-18-31)29-38(40(34-23-10-4-11-24-34)35-25-12-5-13-26-35)36-27-16-28-37(36)39(32-19-6-2-7-20-32)33-21-8-3-9-22-33/h2-3,6-9,14-22,27-28,30-31,34-36,38H,4-5,10-13,23-26,29H2,1H3/t30-,36?,38-/m1/s1. The maximum atomic E-state index is 2.66. The number of hydrogen-bond donors (Lipinski definition) is 0. The van der Waals surface area contributed by atoms with E-state index in [1.807, 2.05) is 0 Å². The van der Waals surface area contributed by atoms with Gasteiger partial charge in [0.15, 0.2) is 0 Å². The van der Waals surface area contributed by atoms with Gasteiger partial charge in [0, 0.05) is 5.92 Å². The summed E-state index contributed by atoms with van der Waals surface area (Å²) in [5, 5.41) is 4.75. The van der Waals surface area contributed by atoms with Crippen molar-refractivity contribution in [3.8, 4) is 0 Å². The molecular weight excluding hydrogens is 518 g/mol. The molecule has 0 nitrogen and oxygen atoms in total. The SMILES string of the molecule is C[C@H](C[C@H](C1C=CC=C1P(c1ccccc1)c1ccccc1)P(C1CCCCC1)C1CCCCC1)C1C=CC=C1. The minimum atomic E-state index is -0.538. The van der Waals surface area contributed by atoms with Gasteiger partial charge >= 0.3 is 0 Å². The van der Waals surface area contributed by atoms with Crippen LogP contribution in [0, 0.1) is 17.8 Å². The lowest BCUT2D eigenvalue weighted by Gasteiger charge is -2.47. The van der Waals surface area contributed by atoms with Gasteiger partial charge in [0.05, 0.1) is 0 Å². The highest BCUT2D eigenvalue weighted by atomic mass is 31.1. The highest BCUT2D eigenvalue weighted by Crippen LogP contribution is 2.65. The highest BCUT2D eigenvalue weighted by Gasteiger charge is 2.43. The topological polar surface area (TPSA) is 0 Å². The van der Waals surface area contributed by atoms with Crippen LogP contribution in [-0.4, -0.2) is 17.0 Å². The lowest BCUT2D eigenvalue weighted by Crippen LogP contribution is -2.33. The van der Waals surface area contributed by atoms with Gasteiger partial charge in [-0.05, 0) is 84.8 Å². The summed E-state index contributed by atoms with van der Waals surface area (Å²) in [4.78, 5) is 0. The summed E-state index contributed by atoms with van der Waals surface area (Å²) in [6.07, 6.45) is 33.3. The van der Waals surface area contributed by atoms with Gasteiger partial charge in [0.1, 0.15) is 0 Å². The van der Waals surface area contributed by atoms with Gasteiger partial charge in [0.2, 0.25) is 0 Å². The fourth-order valence-electron chi connectivity index (χ4n) is 8.05. The van der Waals surface area contributed by atoms with Crippen LogP contribution in [0.4, 0.5) is 0 Å². The summed E-state index contributed by atoms with van der Waals surface area (Å²) in [7, 11) is -0.575. The Kier molecular flexibility index (Phi) is 9.90. The molecule has 0 spiro atoms. The Bertz CT molecular complexity index is 1110. The molecule has 2 aromatic rings. The Labute approximate surface area is 246 Å². The van der Waals surface area contributed by atoms with Gasteiger partial charge in [-0.3, -0.25) is 0 Å². The van der Waals surface area contributed by atoms with Crippen molar-refractivity contribution in [1.82, 2.24) is 0 Å². The number of benzene rings is 2. The monoisotopic (exact) mass is 566 g/mol. The van der Waals surface area contributed by atoms with Crippen molar-refractivity contribution in [2.24, 2.45) is 17.8 Å². The highest BCUT2D eigenvalue weighted by molar-refractivity contribution is 7.76. The molecule has 1 unspecified atom stereocenters. The number of rotatable bonds is 10. The third kappa shape index (κ3) is 6.50. The predicted molar refractivity (Wildman–Crippen MR) is 180 cm³/mol. The van der Waals surface area contributed by atoms with E-state index in [2.05, 4.69) is 110 Å². The average Bonchev–Trinajstić information content (AvgIpc) is 3.73. The van der Waals surface area contributed by atoms with E-state index in [9.17, 15) is 0 Å². The van der Waals surface area contributed by atoms with Crippen LogP contribution < -0.4 is 10.6 Å². The summed E-state index contributed by atoms with van der Waals surface area (Å²) in [5.74, 6) is 1.89. The van der Waals surface area contributed by atoms with Crippen molar-refractivity contribution in [1.29, 1.82) is 0 Å². The molecule has 0 amide bonds. The van der Waals surface area contributed by atoms with Crippen LogP contribution >= 0.6 is 15.8 Å². The van der Waals surface area contributed by atoms with Gasteiger partial charge in [-0.2, -0.15) is 0 Å². The molecule has 6 rings (SSSR count). The first-order chi connectivity index (χ1) is 19.8. The predicted octanol–water partition coefficient (Wildman–Crippen LogP) is 10.5. The first-order valence-corrected chi connectivity index (χ1v) is 19.1. The zero-order valence-electron chi connectivity index (χ0n) is 24.5. The van der Waals surface area contributed by atoms with E-state index in [-0.39, 0.29) is 7.92 Å². The maximum Gasteiger partial charge on any atom is 0.00996 e. The van der Waals surface area contributed by atoms with Crippen LogP contribution in [0.5, 0.6) is 0 Å². The average molecular weight is 567 g/mol. The van der Waals surface area contributed by atoms with Crippen LogP contribution in [0.1, 0.15) is 77.6 Å². The van der Waals surface area contributed by atoms with Crippen LogP contribution in [-0.2, 0) is 0 Å². The van der Waals surface area contributed by atoms with E-state index in [0.717, 1.165) is 17.0 Å². The van der Waals surface area contributed by atoms with E-state index in [1.165, 1.54) is 81.2 Å². The van der Waals surface area contributed by atoms with Gasteiger partial charge in [-0.15, -0.1) is 0 Å². The zero-order valence-corrected chi connectivity index (χ0v) is 26.2. The van der Waals surface area contributed by atoms with Crippen molar-refractivity contribution in [3.63, 3.8) is 0 Å². The Hall–Kier alpha value is -1.74. The molecular formula is C38H48P2. The maximum absolute atomic E-state index is 2.66. The Balaban J connectivity index is 1.40. The molecule has 0 bridgehead atoms. The van der Waals surface area contributed by atoms with Gasteiger partial charge in [0.25, 0.3) is 0 Å². The summed E-state index contributed by atoms with van der Waals surface area (Å²) < 4.78 is 0. The number of hydrogen-bond acceptors (Lipinski definition) is 0. The molecule has 0 saturated heterocycles. The molecule has 0 heterocycles. The molecule has 2 saturated carbocycles. The Morgan fingerprint density at radius 2 is 1.18 bits per heavy atom. The first-order valence-electron chi connectivity index (χ1n) is 16.2. The van der Waals surface area contributed by atoms with Gasteiger partial charge < -0.3 is 0 Å². The summed E-state index contributed by atoms with van der Waals surface area (Å²) in [6, 6.07) is 22.9. The smallest absolute Gasteiger partial charge is 0.00996 e. The van der Waals surface area contributed by atoms with Crippen molar-refractivity contribution in [2.75, 3.05) is 0 Å². The van der Waals surface area contributed by atoms with E-state index >= 15 is 0 Å². The van der Waals surface area contributed by atoms with E-state index < -0.39 is 7.92 Å². The summed E-state index contributed by atoms with van der Waals surface area (Å²) in [5.41, 5.74) is 2.75. The van der Waals surface area contributed by atoms with Gasteiger partial charge in [-0.1, -0.05) is 157 Å². The summed E-state index contributed by atoms with van der Waals surface area (Å²) >= 11 is 0. The normalized spacial score (nSPS) is 23.8. The van der Waals surface area contributed by atoms with Crippen LogP contribution in [0.2, 0.25) is 0 Å². The van der Waals surface area contributed by atoms with E-state index in [4.69, 9.17) is 0 Å². The van der Waals surface area contributed by atoms with E-state index in [0.29, 0.717) is 17.8 Å². The molecule has 2 aromatic carbocycles. The minimum Gasteiger partial charge on any atom is -0.0962 e. The molecule has 40 heavy (non-hydrogen) atoms. The second-order valence-electron chi connectivity index (χ2n) is 12.7. The van der Waals surface area contributed by atoms with Crippen molar-refractivity contribution in [2.45, 2.75) is 94.5 Å². The number of allylic oxidation sites excluding steroid dienone is 8. The second kappa shape index (κ2) is 14.0. The fraction of sp³-hybridized carbons (Fsp3) is 0.474. The van der Waals surface area contributed by atoms with Crippen LogP contribution in [0.15, 0.2) is 109 Å². The van der Waals surface area contributed by atoms with E-state index in [1.54, 1.807) is 5.31 Å². The van der Waals surface area contributed by atoms with Crippen molar-refractivity contribution in [3.05, 3.63) is 109 Å². The largest absolute Gasteiger partial charge is 0.0962 e. The molecule has 0 aliphatic heterocycles. The Morgan fingerprint density at radius 1 is 0.650 bits per heavy atom. The first kappa shape index (κ1) is 28.4. The summed E-state index contributed by atoms with van der Waals surface area (Å²) in [6.45, 7) is 2.56. The van der Waals surface area contributed by atoms with Crippen LogP contribution in [0.3, 0.4) is 0 Å². The quantitative estimate of drug-likeness (QED) is 0.251. The second-order valence-corrected chi connectivity index (χ2v) is 17.9. The molecule has 210 valence electrons. The third-order valence-electron chi connectivity index (χ3n) is 10.1. The molecule has 2 heteroatoms. The van der Waals surface area contributed by atoms with Crippen molar-refractivity contribution >= 4 is 26.5 Å². The third-order valence-corrected chi connectivity index (χ3v) is 16.7. The van der Waals surface area contributed by atoms with Crippen LogP contribution in [0.25, 0.3) is 0 Å². The molecule has 3 atom stereocenters. The molecule has 0 N–H and O–H groups in total. The van der Waals surface area contributed by atoms with Gasteiger partial charge in [-0.25, -0.2) is 0 Å². The molecule has 2 fully saturated rings. The zero-order chi connectivity index (χ0) is 27.1.